The zero-order valence-electron chi connectivity index (χ0n) is 19.1. The lowest BCUT2D eigenvalue weighted by Gasteiger charge is -2.41. The highest BCUT2D eigenvalue weighted by Crippen LogP contribution is 2.44. The highest BCUT2D eigenvalue weighted by atomic mass is 32.2. The summed E-state index contributed by atoms with van der Waals surface area (Å²) in [6.07, 6.45) is 5.77. The lowest BCUT2D eigenvalue weighted by atomic mass is 9.99. The maximum atomic E-state index is 13.1. The number of sulfonamides is 1. The van der Waals surface area contributed by atoms with Gasteiger partial charge < -0.3 is 10.0 Å². The van der Waals surface area contributed by atoms with E-state index >= 15 is 0 Å². The lowest BCUT2D eigenvalue weighted by Crippen LogP contribution is -2.52. The number of carbonyl (C=O) groups is 2. The van der Waals surface area contributed by atoms with Crippen molar-refractivity contribution < 1.29 is 23.1 Å². The Kier molecular flexibility index (Phi) is 5.85. The molecule has 0 bridgehead atoms. The standard InChI is InChI=1S/C22H29N5O5S/c1-13(2)7-21(28)27-14(3)11-25(22(29)30)19-8-17(15-10-23-26(12-15)16-5-6-16)18(9-20(19)27)24-33(4,31)32/h8-10,12-14,16,24H,5-7,11H2,1-4H3,(H,29,30)/t14-/m0/s1. The molecule has 1 fully saturated rings. The van der Waals surface area contributed by atoms with E-state index in [9.17, 15) is 23.1 Å². The van der Waals surface area contributed by atoms with Crippen LogP contribution in [0.5, 0.6) is 0 Å². The Hall–Kier alpha value is -3.08. The average Bonchev–Trinajstić information content (AvgIpc) is 3.42. The fraction of sp³-hybridized carbons (Fsp3) is 0.500. The van der Waals surface area contributed by atoms with Gasteiger partial charge in [0.15, 0.2) is 0 Å². The van der Waals surface area contributed by atoms with Crippen LogP contribution < -0.4 is 14.5 Å². The molecule has 2 aromatic rings. The van der Waals surface area contributed by atoms with E-state index < -0.39 is 22.2 Å². The van der Waals surface area contributed by atoms with Gasteiger partial charge in [-0.25, -0.2) is 13.2 Å². The van der Waals surface area contributed by atoms with Gasteiger partial charge in [-0.1, -0.05) is 13.8 Å². The van der Waals surface area contributed by atoms with Crippen LogP contribution in [0.2, 0.25) is 0 Å². The van der Waals surface area contributed by atoms with Crippen molar-refractivity contribution in [2.24, 2.45) is 5.92 Å². The molecule has 33 heavy (non-hydrogen) atoms. The van der Waals surface area contributed by atoms with Crippen LogP contribution in [0.4, 0.5) is 21.9 Å². The number of nitrogens with one attached hydrogen (secondary N) is 1. The minimum absolute atomic E-state index is 0.117. The van der Waals surface area contributed by atoms with Crippen LogP contribution in [0.1, 0.15) is 46.1 Å². The van der Waals surface area contributed by atoms with Crippen molar-refractivity contribution >= 4 is 39.1 Å². The summed E-state index contributed by atoms with van der Waals surface area (Å²) >= 11 is 0. The molecule has 4 rings (SSSR count). The minimum atomic E-state index is -3.64. The molecular weight excluding hydrogens is 446 g/mol. The van der Waals surface area contributed by atoms with Crippen LogP contribution in [0.15, 0.2) is 24.5 Å². The van der Waals surface area contributed by atoms with Crippen molar-refractivity contribution in [1.29, 1.82) is 0 Å². The van der Waals surface area contributed by atoms with Gasteiger partial charge in [-0.05, 0) is 37.8 Å². The second-order valence-corrected chi connectivity index (χ2v) is 11.1. The molecule has 178 valence electrons. The van der Waals surface area contributed by atoms with Crippen molar-refractivity contribution in [3.05, 3.63) is 24.5 Å². The third-order valence-corrected chi connectivity index (χ3v) is 6.35. The SMILES string of the molecule is CC(C)CC(=O)N1c2cc(NS(C)(=O)=O)c(-c3cnn(C4CC4)c3)cc2N(C(=O)O)C[C@@H]1C. The summed E-state index contributed by atoms with van der Waals surface area (Å²) in [7, 11) is -3.64. The number of rotatable bonds is 6. The van der Waals surface area contributed by atoms with Crippen LogP contribution in [0.3, 0.4) is 0 Å². The van der Waals surface area contributed by atoms with Crippen molar-refractivity contribution in [3.63, 3.8) is 0 Å². The summed E-state index contributed by atoms with van der Waals surface area (Å²) in [5.74, 6) is -0.0183. The largest absolute Gasteiger partial charge is 0.465 e. The molecule has 1 aromatic carbocycles. The molecule has 0 spiro atoms. The van der Waals surface area contributed by atoms with Gasteiger partial charge in [0.25, 0.3) is 0 Å². The van der Waals surface area contributed by atoms with Crippen LogP contribution in [-0.4, -0.2) is 54.1 Å². The molecule has 10 nitrogen and oxygen atoms in total. The van der Waals surface area contributed by atoms with Crippen LogP contribution in [0.25, 0.3) is 11.1 Å². The number of aromatic nitrogens is 2. The topological polar surface area (TPSA) is 125 Å². The Morgan fingerprint density at radius 1 is 1.24 bits per heavy atom. The predicted molar refractivity (Wildman–Crippen MR) is 126 cm³/mol. The summed E-state index contributed by atoms with van der Waals surface area (Å²) in [6, 6.07) is 3.12. The van der Waals surface area contributed by atoms with E-state index in [4.69, 9.17) is 0 Å². The summed E-state index contributed by atoms with van der Waals surface area (Å²) in [5, 5.41) is 14.3. The maximum Gasteiger partial charge on any atom is 0.411 e. The van der Waals surface area contributed by atoms with Gasteiger partial charge in [-0.3, -0.25) is 19.1 Å². The zero-order chi connectivity index (χ0) is 24.1. The zero-order valence-corrected chi connectivity index (χ0v) is 20.0. The van der Waals surface area contributed by atoms with E-state index in [1.165, 1.54) is 4.90 Å². The molecule has 11 heteroatoms. The van der Waals surface area contributed by atoms with Crippen molar-refractivity contribution in [2.45, 2.75) is 52.1 Å². The first kappa shape index (κ1) is 23.1. The van der Waals surface area contributed by atoms with Crippen LogP contribution >= 0.6 is 0 Å². The van der Waals surface area contributed by atoms with E-state index in [-0.39, 0.29) is 24.1 Å². The van der Waals surface area contributed by atoms with Gasteiger partial charge in [0.1, 0.15) is 0 Å². The summed E-state index contributed by atoms with van der Waals surface area (Å²) < 4.78 is 28.7. The fourth-order valence-corrected chi connectivity index (χ4v) is 4.78. The number of fused-ring (bicyclic) bond motifs is 1. The Bertz CT molecular complexity index is 1200. The summed E-state index contributed by atoms with van der Waals surface area (Å²) in [5.41, 5.74) is 2.15. The number of hydrogen-bond acceptors (Lipinski definition) is 5. The van der Waals surface area contributed by atoms with E-state index in [1.807, 2.05) is 24.7 Å². The number of hydrogen-bond donors (Lipinski definition) is 2. The van der Waals surface area contributed by atoms with Gasteiger partial charge in [0.2, 0.25) is 15.9 Å². The molecule has 0 saturated heterocycles. The van der Waals surface area contributed by atoms with E-state index in [0.717, 1.165) is 19.1 Å². The quantitative estimate of drug-likeness (QED) is 0.659. The fourth-order valence-electron chi connectivity index (χ4n) is 4.22. The molecule has 1 aliphatic heterocycles. The highest BCUT2D eigenvalue weighted by Gasteiger charge is 2.36. The third kappa shape index (κ3) is 4.82. The predicted octanol–water partition coefficient (Wildman–Crippen LogP) is 3.52. The van der Waals surface area contributed by atoms with E-state index in [2.05, 4.69) is 9.82 Å². The Labute approximate surface area is 193 Å². The first-order valence-electron chi connectivity index (χ1n) is 11.0. The molecule has 1 atom stereocenters. The molecule has 1 aromatic heterocycles. The number of benzene rings is 1. The molecule has 2 N–H and O–H groups in total. The monoisotopic (exact) mass is 475 g/mol. The van der Waals surface area contributed by atoms with Gasteiger partial charge in [-0.15, -0.1) is 0 Å². The first-order valence-corrected chi connectivity index (χ1v) is 12.9. The summed E-state index contributed by atoms with van der Waals surface area (Å²) in [6.45, 7) is 5.78. The number of amides is 2. The smallest absolute Gasteiger partial charge is 0.411 e. The molecule has 2 amide bonds. The van der Waals surface area contributed by atoms with Crippen LogP contribution in [-0.2, 0) is 14.8 Å². The second kappa shape index (κ2) is 8.36. The molecular formula is C22H29N5O5S. The molecule has 2 heterocycles. The highest BCUT2D eigenvalue weighted by molar-refractivity contribution is 7.92. The van der Waals surface area contributed by atoms with Gasteiger partial charge in [-0.2, -0.15) is 5.10 Å². The number of carboxylic acid groups (broad SMARTS) is 1. The molecule has 0 radical (unpaired) electrons. The van der Waals surface area contributed by atoms with Gasteiger partial charge in [0.05, 0.1) is 41.6 Å². The first-order chi connectivity index (χ1) is 15.4. The number of nitrogens with zero attached hydrogens (tertiary/aromatic N) is 4. The molecule has 1 saturated carbocycles. The van der Waals surface area contributed by atoms with Crippen LogP contribution in [0, 0.1) is 5.92 Å². The Morgan fingerprint density at radius 2 is 1.94 bits per heavy atom. The van der Waals surface area contributed by atoms with Gasteiger partial charge in [0, 0.05) is 30.3 Å². The number of anilines is 3. The Balaban J connectivity index is 1.90. The Morgan fingerprint density at radius 3 is 2.52 bits per heavy atom. The van der Waals surface area contributed by atoms with E-state index in [1.54, 1.807) is 30.2 Å². The van der Waals surface area contributed by atoms with Gasteiger partial charge >= 0.3 is 6.09 Å². The van der Waals surface area contributed by atoms with Crippen molar-refractivity contribution in [3.8, 4) is 11.1 Å². The van der Waals surface area contributed by atoms with E-state index in [0.29, 0.717) is 35.0 Å². The molecule has 0 unspecified atom stereocenters. The average molecular weight is 476 g/mol. The van der Waals surface area contributed by atoms with Crippen molar-refractivity contribution in [1.82, 2.24) is 9.78 Å². The minimum Gasteiger partial charge on any atom is -0.465 e. The third-order valence-electron chi connectivity index (χ3n) is 5.76. The lowest BCUT2D eigenvalue weighted by molar-refractivity contribution is -0.119. The second-order valence-electron chi connectivity index (χ2n) is 9.30. The number of carbonyl (C=O) groups excluding carboxylic acids is 1. The van der Waals surface area contributed by atoms with Crippen molar-refractivity contribution in [2.75, 3.05) is 27.3 Å². The molecule has 2 aliphatic rings. The normalized spacial score (nSPS) is 18.4. The maximum absolute atomic E-state index is 13.1. The summed E-state index contributed by atoms with van der Waals surface area (Å²) in [4.78, 5) is 28.0. The molecule has 1 aliphatic carbocycles.